The van der Waals surface area contributed by atoms with Gasteiger partial charge in [0.15, 0.2) is 0 Å². The van der Waals surface area contributed by atoms with Crippen molar-refractivity contribution in [3.05, 3.63) is 52.1 Å². The molecule has 0 bridgehead atoms. The largest absolute Gasteiger partial charge is 0.375 e. The van der Waals surface area contributed by atoms with Crippen LogP contribution in [0.2, 0.25) is 0 Å². The normalized spacial score (nSPS) is 12.4. The van der Waals surface area contributed by atoms with Crippen LogP contribution in [0.5, 0.6) is 0 Å². The van der Waals surface area contributed by atoms with Gasteiger partial charge in [-0.3, -0.25) is 10.1 Å². The lowest BCUT2D eigenvalue weighted by Gasteiger charge is -2.16. The van der Waals surface area contributed by atoms with Crippen LogP contribution in [-0.4, -0.2) is 14.9 Å². The summed E-state index contributed by atoms with van der Waals surface area (Å²) in [5.41, 5.74) is -0.622. The average molecular weight is 282 g/mol. The van der Waals surface area contributed by atoms with Crippen molar-refractivity contribution < 1.29 is 13.7 Å². The lowest BCUT2D eigenvalue weighted by molar-refractivity contribution is -0.385. The number of H-pyrrole nitrogens is 1. The molecule has 0 aliphatic heterocycles. The third-order valence-electron chi connectivity index (χ3n) is 2.78. The fourth-order valence-electron chi connectivity index (χ4n) is 1.79. The van der Waals surface area contributed by atoms with Gasteiger partial charge in [-0.2, -0.15) is 0 Å². The molecule has 0 aliphatic rings. The minimum atomic E-state index is -2.80. The van der Waals surface area contributed by atoms with E-state index in [1.165, 1.54) is 12.1 Å². The first-order chi connectivity index (χ1) is 9.49. The van der Waals surface area contributed by atoms with E-state index < -0.39 is 16.9 Å². The van der Waals surface area contributed by atoms with Gasteiger partial charge < -0.3 is 10.3 Å². The predicted octanol–water partition coefficient (Wildman–Crippen LogP) is 3.43. The van der Waals surface area contributed by atoms with Crippen LogP contribution in [0.25, 0.3) is 0 Å². The smallest absolute Gasteiger partial charge is 0.270 e. The van der Waals surface area contributed by atoms with Gasteiger partial charge in [-0.1, -0.05) is 0 Å². The van der Waals surface area contributed by atoms with Crippen molar-refractivity contribution in [2.24, 2.45) is 0 Å². The lowest BCUT2D eigenvalue weighted by atomic mass is 10.1. The Hall–Kier alpha value is -2.51. The topological polar surface area (TPSA) is 83.8 Å². The summed E-state index contributed by atoms with van der Waals surface area (Å²) in [4.78, 5) is 16.8. The number of anilines is 1. The number of imidazole rings is 1. The van der Waals surface area contributed by atoms with Crippen molar-refractivity contribution in [1.29, 1.82) is 0 Å². The van der Waals surface area contributed by atoms with Gasteiger partial charge in [0, 0.05) is 35.8 Å². The van der Waals surface area contributed by atoms with E-state index in [0.717, 1.165) is 6.07 Å². The second kappa shape index (κ2) is 5.64. The average Bonchev–Trinajstić information content (AvgIpc) is 2.92. The third-order valence-corrected chi connectivity index (χ3v) is 2.78. The Kier molecular flexibility index (Phi) is 3.92. The highest BCUT2D eigenvalue weighted by atomic mass is 19.3. The zero-order valence-corrected chi connectivity index (χ0v) is 10.5. The number of aromatic nitrogens is 2. The van der Waals surface area contributed by atoms with Gasteiger partial charge in [0.2, 0.25) is 0 Å². The Morgan fingerprint density at radius 2 is 2.20 bits per heavy atom. The van der Waals surface area contributed by atoms with E-state index in [1.807, 2.05) is 0 Å². The number of non-ortho nitro benzene ring substituents is 1. The quantitative estimate of drug-likeness (QED) is 0.650. The van der Waals surface area contributed by atoms with Gasteiger partial charge in [0.25, 0.3) is 12.1 Å². The SMILES string of the molecule is CC(Nc1ccc([N+](=O)[O-])cc1C(F)F)c1ncc[nH]1. The van der Waals surface area contributed by atoms with Gasteiger partial charge in [-0.25, -0.2) is 13.8 Å². The van der Waals surface area contributed by atoms with E-state index in [9.17, 15) is 18.9 Å². The molecule has 1 atom stereocenters. The second-order valence-corrected chi connectivity index (χ2v) is 4.17. The Morgan fingerprint density at radius 3 is 2.75 bits per heavy atom. The van der Waals surface area contributed by atoms with Gasteiger partial charge in [-0.15, -0.1) is 0 Å². The molecule has 0 aliphatic carbocycles. The summed E-state index contributed by atoms with van der Waals surface area (Å²) >= 11 is 0. The molecule has 0 spiro atoms. The number of hydrogen-bond acceptors (Lipinski definition) is 4. The first kappa shape index (κ1) is 13.9. The Labute approximate surface area is 113 Å². The van der Waals surface area contributed by atoms with Crippen molar-refractivity contribution in [2.45, 2.75) is 19.4 Å². The molecule has 1 unspecified atom stereocenters. The van der Waals surface area contributed by atoms with E-state index in [-0.39, 0.29) is 17.4 Å². The number of nitrogens with one attached hydrogen (secondary N) is 2. The number of rotatable bonds is 5. The number of halogens is 2. The van der Waals surface area contributed by atoms with Crippen LogP contribution in [0, 0.1) is 10.1 Å². The van der Waals surface area contributed by atoms with E-state index >= 15 is 0 Å². The molecule has 106 valence electrons. The molecule has 1 aromatic heterocycles. The zero-order valence-electron chi connectivity index (χ0n) is 10.5. The third kappa shape index (κ3) is 2.90. The number of hydrogen-bond donors (Lipinski definition) is 2. The first-order valence-corrected chi connectivity index (χ1v) is 5.81. The van der Waals surface area contributed by atoms with Crippen LogP contribution in [-0.2, 0) is 0 Å². The Morgan fingerprint density at radius 1 is 1.45 bits per heavy atom. The van der Waals surface area contributed by atoms with Crippen LogP contribution in [0.3, 0.4) is 0 Å². The number of alkyl halides is 2. The molecule has 0 fully saturated rings. The molecule has 20 heavy (non-hydrogen) atoms. The standard InChI is InChI=1S/C12H12F2N4O2/c1-7(12-15-4-5-16-12)17-10-3-2-8(18(19)20)6-9(10)11(13)14/h2-7,11,17H,1H3,(H,15,16). The molecule has 1 aromatic carbocycles. The second-order valence-electron chi connectivity index (χ2n) is 4.17. The van der Waals surface area contributed by atoms with Gasteiger partial charge in [-0.05, 0) is 13.0 Å². The summed E-state index contributed by atoms with van der Waals surface area (Å²) < 4.78 is 26.0. The maximum Gasteiger partial charge on any atom is 0.270 e. The maximum atomic E-state index is 13.0. The lowest BCUT2D eigenvalue weighted by Crippen LogP contribution is -2.10. The number of benzene rings is 1. The van der Waals surface area contributed by atoms with Crippen molar-refractivity contribution in [2.75, 3.05) is 5.32 Å². The molecule has 0 radical (unpaired) electrons. The summed E-state index contributed by atoms with van der Waals surface area (Å²) in [6.45, 7) is 1.75. The molecule has 0 saturated carbocycles. The Balaban J connectivity index is 2.29. The van der Waals surface area contributed by atoms with Crippen LogP contribution in [0.4, 0.5) is 20.2 Å². The highest BCUT2D eigenvalue weighted by molar-refractivity contribution is 5.57. The summed E-state index contributed by atoms with van der Waals surface area (Å²) in [5, 5.41) is 13.5. The molecule has 0 amide bonds. The molecule has 2 N–H and O–H groups in total. The van der Waals surface area contributed by atoms with Crippen LogP contribution in [0.15, 0.2) is 30.6 Å². The number of nitro groups is 1. The fraction of sp³-hybridized carbons (Fsp3) is 0.250. The monoisotopic (exact) mass is 282 g/mol. The van der Waals surface area contributed by atoms with Gasteiger partial charge in [0.05, 0.1) is 11.0 Å². The van der Waals surface area contributed by atoms with E-state index in [2.05, 4.69) is 15.3 Å². The number of aromatic amines is 1. The molecule has 0 saturated heterocycles. The van der Waals surface area contributed by atoms with Crippen molar-refractivity contribution >= 4 is 11.4 Å². The first-order valence-electron chi connectivity index (χ1n) is 5.81. The summed E-state index contributed by atoms with van der Waals surface area (Å²) in [6.07, 6.45) is 0.371. The molecular formula is C12H12F2N4O2. The van der Waals surface area contributed by atoms with E-state index in [4.69, 9.17) is 0 Å². The predicted molar refractivity (Wildman–Crippen MR) is 68.7 cm³/mol. The molecular weight excluding hydrogens is 270 g/mol. The fourth-order valence-corrected chi connectivity index (χ4v) is 1.79. The highest BCUT2D eigenvalue weighted by Gasteiger charge is 2.19. The van der Waals surface area contributed by atoms with Crippen molar-refractivity contribution in [3.8, 4) is 0 Å². The van der Waals surface area contributed by atoms with Gasteiger partial charge in [0.1, 0.15) is 5.82 Å². The van der Waals surface area contributed by atoms with Crippen LogP contribution in [0.1, 0.15) is 30.8 Å². The van der Waals surface area contributed by atoms with Crippen molar-refractivity contribution in [1.82, 2.24) is 9.97 Å². The van der Waals surface area contributed by atoms with E-state index in [0.29, 0.717) is 5.82 Å². The minimum absolute atomic E-state index is 0.148. The molecule has 2 rings (SSSR count). The molecule has 1 heterocycles. The molecule has 8 heteroatoms. The van der Waals surface area contributed by atoms with Crippen molar-refractivity contribution in [3.63, 3.8) is 0 Å². The minimum Gasteiger partial charge on any atom is -0.375 e. The maximum absolute atomic E-state index is 13.0. The van der Waals surface area contributed by atoms with E-state index in [1.54, 1.807) is 19.3 Å². The summed E-state index contributed by atoms with van der Waals surface area (Å²) in [6, 6.07) is 3.01. The van der Waals surface area contributed by atoms with Gasteiger partial charge >= 0.3 is 0 Å². The summed E-state index contributed by atoms with van der Waals surface area (Å²) in [5.74, 6) is 0.587. The molecule has 2 aromatic rings. The summed E-state index contributed by atoms with van der Waals surface area (Å²) in [7, 11) is 0. The highest BCUT2D eigenvalue weighted by Crippen LogP contribution is 2.32. The Bertz CT molecular complexity index is 602. The van der Waals surface area contributed by atoms with Crippen LogP contribution >= 0.6 is 0 Å². The number of nitrogens with zero attached hydrogens (tertiary/aromatic N) is 2. The molecule has 6 nitrogen and oxygen atoms in total. The zero-order chi connectivity index (χ0) is 14.7. The number of nitro benzene ring substituents is 1. The van der Waals surface area contributed by atoms with Crippen LogP contribution < -0.4 is 5.32 Å².